The maximum Gasteiger partial charge on any atom is 0.254 e. The van der Waals surface area contributed by atoms with Crippen LogP contribution in [0.15, 0.2) is 78.1 Å². The molecular weight excluding hydrogens is 450 g/mol. The number of carbonyl (C=O) groups is 1. The molecule has 3 aromatic rings. The van der Waals surface area contributed by atoms with E-state index in [1.165, 1.54) is 13.2 Å². The molecule has 1 aromatic carbocycles. The van der Waals surface area contributed by atoms with Gasteiger partial charge < -0.3 is 22.1 Å². The third-order valence-electron chi connectivity index (χ3n) is 4.76. The summed E-state index contributed by atoms with van der Waals surface area (Å²) in [6.07, 6.45) is 4.53. The first-order valence-corrected chi connectivity index (χ1v) is 10.8. The highest BCUT2D eigenvalue weighted by Crippen LogP contribution is 2.21. The number of amidine groups is 1. The molecule has 0 spiro atoms. The highest BCUT2D eigenvalue weighted by atomic mass is 35.5. The number of hydrogen-bond donors (Lipinski definition) is 4. The van der Waals surface area contributed by atoms with Crippen LogP contribution in [0.3, 0.4) is 0 Å². The molecule has 0 aliphatic carbocycles. The molecule has 2 aromatic heterocycles. The fourth-order valence-corrected chi connectivity index (χ4v) is 3.32. The second-order valence-electron chi connectivity index (χ2n) is 7.31. The lowest BCUT2D eigenvalue weighted by Gasteiger charge is -2.13. The minimum atomic E-state index is -0.339. The number of hydrogen-bond acceptors (Lipinski definition) is 6. The van der Waals surface area contributed by atoms with Gasteiger partial charge in [0.1, 0.15) is 11.7 Å². The van der Waals surface area contributed by atoms with E-state index in [4.69, 9.17) is 23.1 Å². The summed E-state index contributed by atoms with van der Waals surface area (Å²) < 4.78 is 0. The molecule has 0 atom stereocenters. The van der Waals surface area contributed by atoms with Gasteiger partial charge in [-0.1, -0.05) is 29.8 Å². The number of likely N-dealkylation sites (N-methyl/N-ethyl adjacent to an activating group) is 1. The van der Waals surface area contributed by atoms with Crippen molar-refractivity contribution in [3.8, 4) is 0 Å². The number of rotatable bonds is 8. The molecule has 3 rings (SSSR count). The molecule has 0 radical (unpaired) electrons. The van der Waals surface area contributed by atoms with Crippen LogP contribution in [0.25, 0.3) is 11.3 Å². The molecule has 2 heterocycles. The Labute approximate surface area is 203 Å². The number of halogens is 1. The quantitative estimate of drug-likeness (QED) is 0.224. The monoisotopic (exact) mass is 475 g/mol. The van der Waals surface area contributed by atoms with Crippen LogP contribution in [0, 0.1) is 6.92 Å². The van der Waals surface area contributed by atoms with Crippen molar-refractivity contribution in [1.82, 2.24) is 15.3 Å². The highest BCUT2D eigenvalue weighted by Gasteiger charge is 2.14. The number of anilines is 1. The smallest absolute Gasteiger partial charge is 0.254 e. The van der Waals surface area contributed by atoms with Gasteiger partial charge in [0, 0.05) is 41.8 Å². The number of nitrogens with one attached hydrogen (secondary N) is 2. The van der Waals surface area contributed by atoms with Crippen molar-refractivity contribution in [1.29, 1.82) is 0 Å². The Morgan fingerprint density at radius 2 is 1.97 bits per heavy atom. The Balaban J connectivity index is 1.99. The van der Waals surface area contributed by atoms with E-state index in [1.54, 1.807) is 30.5 Å². The van der Waals surface area contributed by atoms with Crippen molar-refractivity contribution in [3.63, 3.8) is 0 Å². The zero-order valence-electron chi connectivity index (χ0n) is 18.9. The third-order valence-corrected chi connectivity index (χ3v) is 5.00. The average molecular weight is 476 g/mol. The molecule has 0 unspecified atom stereocenters. The topological polar surface area (TPSA) is 131 Å². The molecule has 0 aliphatic rings. The summed E-state index contributed by atoms with van der Waals surface area (Å²) in [5, 5.41) is 6.49. The first-order chi connectivity index (χ1) is 16.4. The average Bonchev–Trinajstić information content (AvgIpc) is 2.83. The summed E-state index contributed by atoms with van der Waals surface area (Å²) in [6.45, 7) is 2.28. The zero-order valence-corrected chi connectivity index (χ0v) is 19.7. The van der Waals surface area contributed by atoms with Gasteiger partial charge in [0.25, 0.3) is 5.91 Å². The standard InChI is InChI=1S/C25H26ClN7O/c1-16-5-3-8-24(32-16)33-21(13-23(28)31-15-17-6-4-7-19(26)11-17)18-9-10-30-22(12-18)20(14-27)25(34)29-2/h3-14H,15,27H2,1-2H3,(H2,28,31)(H,29,34)(H,32,33)/b20-14?,21-13-. The van der Waals surface area contributed by atoms with Crippen LogP contribution >= 0.6 is 11.6 Å². The van der Waals surface area contributed by atoms with Crippen molar-refractivity contribution < 1.29 is 4.79 Å². The molecular formula is C25H26ClN7O. The van der Waals surface area contributed by atoms with Crippen molar-refractivity contribution in [2.45, 2.75) is 13.5 Å². The first-order valence-electron chi connectivity index (χ1n) is 10.5. The van der Waals surface area contributed by atoms with Crippen LogP contribution in [0.5, 0.6) is 0 Å². The molecule has 0 aliphatic heterocycles. The molecule has 174 valence electrons. The first kappa shape index (κ1) is 24.5. The predicted molar refractivity (Wildman–Crippen MR) is 138 cm³/mol. The number of pyridine rings is 2. The van der Waals surface area contributed by atoms with Gasteiger partial charge in [0.15, 0.2) is 0 Å². The fourth-order valence-electron chi connectivity index (χ4n) is 3.11. The van der Waals surface area contributed by atoms with Gasteiger partial charge in [-0.25, -0.2) is 4.98 Å². The van der Waals surface area contributed by atoms with Gasteiger partial charge in [0.05, 0.1) is 23.5 Å². The normalized spacial score (nSPS) is 12.4. The lowest BCUT2D eigenvalue weighted by molar-refractivity contribution is -0.115. The van der Waals surface area contributed by atoms with Crippen LogP contribution < -0.4 is 22.1 Å². The predicted octanol–water partition coefficient (Wildman–Crippen LogP) is 3.49. The van der Waals surface area contributed by atoms with E-state index in [2.05, 4.69) is 25.6 Å². The molecule has 0 saturated carbocycles. The highest BCUT2D eigenvalue weighted by molar-refractivity contribution is 6.30. The van der Waals surface area contributed by atoms with E-state index < -0.39 is 0 Å². The Morgan fingerprint density at radius 1 is 1.18 bits per heavy atom. The van der Waals surface area contributed by atoms with Crippen molar-refractivity contribution in [2.75, 3.05) is 12.4 Å². The number of benzene rings is 1. The number of amides is 1. The number of nitrogens with two attached hydrogens (primary N) is 2. The fraction of sp³-hybridized carbons (Fsp3) is 0.120. The molecule has 1 amide bonds. The van der Waals surface area contributed by atoms with Crippen LogP contribution in [-0.2, 0) is 11.3 Å². The van der Waals surface area contributed by atoms with Crippen LogP contribution in [0.2, 0.25) is 5.02 Å². The third kappa shape index (κ3) is 6.66. The van der Waals surface area contributed by atoms with Gasteiger partial charge in [0.2, 0.25) is 0 Å². The van der Waals surface area contributed by atoms with E-state index in [0.29, 0.717) is 34.6 Å². The van der Waals surface area contributed by atoms with E-state index in [-0.39, 0.29) is 11.5 Å². The Kier molecular flexibility index (Phi) is 8.37. The van der Waals surface area contributed by atoms with Gasteiger partial charge in [-0.15, -0.1) is 0 Å². The number of aromatic nitrogens is 2. The maximum atomic E-state index is 12.2. The van der Waals surface area contributed by atoms with Gasteiger partial charge in [-0.3, -0.25) is 14.8 Å². The molecule has 34 heavy (non-hydrogen) atoms. The van der Waals surface area contributed by atoms with Crippen LogP contribution in [0.4, 0.5) is 5.82 Å². The minimum Gasteiger partial charge on any atom is -0.404 e. The minimum absolute atomic E-state index is 0.250. The molecule has 0 saturated heterocycles. The number of aryl methyl sites for hydroxylation is 1. The Bertz CT molecular complexity index is 1270. The van der Waals surface area contributed by atoms with Gasteiger partial charge >= 0.3 is 0 Å². The number of nitrogens with zero attached hydrogens (tertiary/aromatic N) is 3. The summed E-state index contributed by atoms with van der Waals surface area (Å²) in [5.41, 5.74) is 15.7. The molecule has 0 fully saturated rings. The van der Waals surface area contributed by atoms with Crippen LogP contribution in [0.1, 0.15) is 22.5 Å². The summed E-state index contributed by atoms with van der Waals surface area (Å²) in [6, 6.07) is 16.6. The number of carbonyl (C=O) groups excluding carboxylic acids is 1. The summed E-state index contributed by atoms with van der Waals surface area (Å²) >= 11 is 6.06. The second kappa shape index (κ2) is 11.6. The van der Waals surface area contributed by atoms with Crippen molar-refractivity contribution in [3.05, 3.63) is 101 Å². The summed E-state index contributed by atoms with van der Waals surface area (Å²) in [5.74, 6) is 0.594. The number of aliphatic imine (C=N–C) groups is 1. The maximum absolute atomic E-state index is 12.2. The molecule has 0 bridgehead atoms. The zero-order chi connectivity index (χ0) is 24.5. The Hall–Kier alpha value is -4.17. The summed E-state index contributed by atoms with van der Waals surface area (Å²) in [4.78, 5) is 25.4. The van der Waals surface area contributed by atoms with Crippen LogP contribution in [-0.4, -0.2) is 28.8 Å². The summed E-state index contributed by atoms with van der Waals surface area (Å²) in [7, 11) is 1.53. The van der Waals surface area contributed by atoms with E-state index in [9.17, 15) is 4.79 Å². The lowest BCUT2D eigenvalue weighted by Crippen LogP contribution is -2.20. The van der Waals surface area contributed by atoms with E-state index in [1.807, 2.05) is 43.3 Å². The molecule has 8 nitrogen and oxygen atoms in total. The largest absolute Gasteiger partial charge is 0.404 e. The van der Waals surface area contributed by atoms with Crippen molar-refractivity contribution >= 4 is 40.4 Å². The van der Waals surface area contributed by atoms with Gasteiger partial charge in [-0.05, 0) is 48.9 Å². The van der Waals surface area contributed by atoms with Gasteiger partial charge in [-0.2, -0.15) is 0 Å². The Morgan fingerprint density at radius 3 is 2.68 bits per heavy atom. The second-order valence-corrected chi connectivity index (χ2v) is 7.74. The van der Waals surface area contributed by atoms with E-state index in [0.717, 1.165) is 16.8 Å². The molecule has 6 N–H and O–H groups in total. The lowest BCUT2D eigenvalue weighted by atomic mass is 10.1. The van der Waals surface area contributed by atoms with Crippen molar-refractivity contribution in [2.24, 2.45) is 16.5 Å². The SMILES string of the molecule is CNC(=O)C(=CN)c1cc(/C(=C/C(N)=NCc2cccc(Cl)c2)Nc2cccc(C)n2)ccn1. The molecule has 9 heteroatoms. The van der Waals surface area contributed by atoms with E-state index >= 15 is 0 Å².